The second-order valence-corrected chi connectivity index (χ2v) is 8.86. The van der Waals surface area contributed by atoms with Crippen molar-refractivity contribution in [2.24, 2.45) is 7.05 Å². The lowest BCUT2D eigenvalue weighted by Crippen LogP contribution is -2.40. The molecule has 2 aromatic heterocycles. The summed E-state index contributed by atoms with van der Waals surface area (Å²) in [6.07, 6.45) is -1.56. The summed E-state index contributed by atoms with van der Waals surface area (Å²) in [7, 11) is 1.76. The Bertz CT molecular complexity index is 1180. The van der Waals surface area contributed by atoms with Crippen molar-refractivity contribution in [1.29, 1.82) is 0 Å². The molecular weight excluding hydrogens is 435 g/mol. The molecule has 1 amide bonds. The van der Waals surface area contributed by atoms with Gasteiger partial charge in [-0.05, 0) is 56.9 Å². The predicted octanol–water partition coefficient (Wildman–Crippen LogP) is 4.43. The highest BCUT2D eigenvalue weighted by atomic mass is 19.4. The van der Waals surface area contributed by atoms with Gasteiger partial charge < -0.3 is 14.2 Å². The van der Waals surface area contributed by atoms with Crippen LogP contribution in [0.2, 0.25) is 0 Å². The van der Waals surface area contributed by atoms with Crippen LogP contribution in [0.1, 0.15) is 65.4 Å². The number of hydrogen-bond acceptors (Lipinski definition) is 4. The molecular formula is C23H26F3N5O2. The summed E-state index contributed by atoms with van der Waals surface area (Å²) >= 11 is 0. The third kappa shape index (κ3) is 4.01. The fraction of sp³-hybridized carbons (Fsp3) is 0.522. The monoisotopic (exact) mass is 461 g/mol. The topological polar surface area (TPSA) is 65.2 Å². The molecule has 0 radical (unpaired) electrons. The molecule has 2 saturated heterocycles. The van der Waals surface area contributed by atoms with E-state index in [4.69, 9.17) is 4.74 Å². The van der Waals surface area contributed by atoms with Gasteiger partial charge in [0, 0.05) is 32.8 Å². The Labute approximate surface area is 189 Å². The van der Waals surface area contributed by atoms with Crippen LogP contribution in [-0.4, -0.2) is 49.8 Å². The van der Waals surface area contributed by atoms with Gasteiger partial charge in [0.1, 0.15) is 17.6 Å². The van der Waals surface area contributed by atoms with E-state index in [2.05, 4.69) is 14.6 Å². The highest BCUT2D eigenvalue weighted by molar-refractivity contribution is 5.92. The van der Waals surface area contributed by atoms with E-state index >= 15 is 0 Å². The van der Waals surface area contributed by atoms with E-state index in [1.54, 1.807) is 17.8 Å². The number of aromatic nitrogens is 4. The molecule has 2 aliphatic heterocycles. The Morgan fingerprint density at radius 1 is 1.15 bits per heavy atom. The van der Waals surface area contributed by atoms with Crippen molar-refractivity contribution in [2.75, 3.05) is 19.7 Å². The number of aryl methyl sites for hydroxylation is 2. The van der Waals surface area contributed by atoms with E-state index in [0.717, 1.165) is 30.7 Å². The molecule has 0 bridgehead atoms. The zero-order valence-corrected chi connectivity index (χ0v) is 18.6. The minimum Gasteiger partial charge on any atom is -0.370 e. The van der Waals surface area contributed by atoms with E-state index in [1.165, 1.54) is 6.07 Å². The number of hydrogen-bond donors (Lipinski definition) is 0. The highest BCUT2D eigenvalue weighted by Gasteiger charge is 2.34. The summed E-state index contributed by atoms with van der Waals surface area (Å²) in [5.74, 6) is 0.634. The maximum Gasteiger partial charge on any atom is 0.416 e. The van der Waals surface area contributed by atoms with Crippen molar-refractivity contribution in [3.05, 3.63) is 47.0 Å². The summed E-state index contributed by atoms with van der Waals surface area (Å²) in [4.78, 5) is 19.4. The van der Waals surface area contributed by atoms with Gasteiger partial charge in [0.2, 0.25) is 0 Å². The minimum absolute atomic E-state index is 0.0308. The average Bonchev–Trinajstić information content (AvgIpc) is 3.50. The molecule has 1 atom stereocenters. The second-order valence-electron chi connectivity index (χ2n) is 8.86. The van der Waals surface area contributed by atoms with Crippen LogP contribution in [0, 0.1) is 6.92 Å². The first-order valence-corrected chi connectivity index (χ1v) is 11.2. The smallest absolute Gasteiger partial charge is 0.370 e. The Hall–Kier alpha value is -2.88. The van der Waals surface area contributed by atoms with Gasteiger partial charge in [0.25, 0.3) is 5.91 Å². The second kappa shape index (κ2) is 8.16. The van der Waals surface area contributed by atoms with E-state index in [1.807, 2.05) is 11.8 Å². The largest absolute Gasteiger partial charge is 0.416 e. The Morgan fingerprint density at radius 2 is 1.91 bits per heavy atom. The number of carbonyl (C=O) groups is 1. The van der Waals surface area contributed by atoms with Crippen LogP contribution in [0.4, 0.5) is 13.2 Å². The number of piperidine rings is 1. The van der Waals surface area contributed by atoms with Crippen LogP contribution in [0.25, 0.3) is 11.0 Å². The van der Waals surface area contributed by atoms with Crippen molar-refractivity contribution in [2.45, 2.75) is 50.9 Å². The van der Waals surface area contributed by atoms with Gasteiger partial charge in [-0.2, -0.15) is 18.3 Å². The molecule has 1 unspecified atom stereocenters. The molecule has 0 aliphatic carbocycles. The number of likely N-dealkylation sites (tertiary alicyclic amines) is 1. The number of nitrogens with zero attached hydrogens (tertiary/aromatic N) is 5. The van der Waals surface area contributed by atoms with E-state index < -0.39 is 11.7 Å². The highest BCUT2D eigenvalue weighted by Crippen LogP contribution is 2.38. The summed E-state index contributed by atoms with van der Waals surface area (Å²) in [6, 6.07) is 5.56. The fourth-order valence-electron chi connectivity index (χ4n) is 4.99. The molecule has 0 spiro atoms. The van der Waals surface area contributed by atoms with E-state index in [-0.39, 0.29) is 18.1 Å². The molecule has 10 heteroatoms. The number of benzene rings is 1. The van der Waals surface area contributed by atoms with E-state index in [9.17, 15) is 18.0 Å². The van der Waals surface area contributed by atoms with Gasteiger partial charge in [-0.15, -0.1) is 0 Å². The maximum absolute atomic E-state index is 13.3. The number of alkyl halides is 3. The predicted molar refractivity (Wildman–Crippen MR) is 115 cm³/mol. The zero-order valence-electron chi connectivity index (χ0n) is 18.6. The van der Waals surface area contributed by atoms with Crippen molar-refractivity contribution >= 4 is 16.9 Å². The maximum atomic E-state index is 13.3. The SMILES string of the molecule is Cc1cc(C(=O)N2CCC(n3c(C4CCCO4)nc4cc(C(F)(F)F)ccc43)CC2)n(C)n1. The first kappa shape index (κ1) is 21.9. The molecule has 7 nitrogen and oxygen atoms in total. The summed E-state index contributed by atoms with van der Waals surface area (Å²) in [6.45, 7) is 3.58. The Morgan fingerprint density at radius 3 is 2.52 bits per heavy atom. The lowest BCUT2D eigenvalue weighted by atomic mass is 10.0. The molecule has 0 saturated carbocycles. The van der Waals surface area contributed by atoms with Gasteiger partial charge in [-0.3, -0.25) is 9.48 Å². The summed E-state index contributed by atoms with van der Waals surface area (Å²) in [5, 5.41) is 4.26. The molecule has 1 aromatic carbocycles. The number of halogens is 3. The standard InChI is InChI=1S/C23H26F3N5O2/c1-14-12-19(29(2)28-14)22(32)30-9-7-16(8-10-30)31-18-6-5-15(23(24,25)26)13-17(18)27-21(31)20-4-3-11-33-20/h5-6,12-13,16,20H,3-4,7-11H2,1-2H3. The molecule has 4 heterocycles. The third-order valence-corrected chi connectivity index (χ3v) is 6.60. The van der Waals surface area contributed by atoms with Crippen LogP contribution in [0.5, 0.6) is 0 Å². The van der Waals surface area contributed by atoms with Crippen molar-refractivity contribution in [3.63, 3.8) is 0 Å². The van der Waals surface area contributed by atoms with Crippen molar-refractivity contribution < 1.29 is 22.7 Å². The Balaban J connectivity index is 1.43. The van der Waals surface area contributed by atoms with Crippen LogP contribution in [0.3, 0.4) is 0 Å². The first-order valence-electron chi connectivity index (χ1n) is 11.2. The zero-order chi connectivity index (χ0) is 23.3. The number of fused-ring (bicyclic) bond motifs is 1. The van der Waals surface area contributed by atoms with Gasteiger partial charge >= 0.3 is 6.18 Å². The van der Waals surface area contributed by atoms with Gasteiger partial charge in [-0.25, -0.2) is 4.98 Å². The van der Waals surface area contributed by atoms with E-state index in [0.29, 0.717) is 55.1 Å². The molecule has 5 rings (SSSR count). The van der Waals surface area contributed by atoms with Crippen molar-refractivity contribution in [3.8, 4) is 0 Å². The van der Waals surface area contributed by atoms with Crippen molar-refractivity contribution in [1.82, 2.24) is 24.2 Å². The molecule has 0 N–H and O–H groups in total. The Kier molecular flexibility index (Phi) is 5.43. The first-order chi connectivity index (χ1) is 15.7. The number of carbonyl (C=O) groups excluding carboxylic acids is 1. The van der Waals surface area contributed by atoms with Gasteiger partial charge in [-0.1, -0.05) is 0 Å². The number of amides is 1. The van der Waals surface area contributed by atoms with Crippen LogP contribution in [-0.2, 0) is 18.0 Å². The number of imidazole rings is 1. The minimum atomic E-state index is -4.42. The summed E-state index contributed by atoms with van der Waals surface area (Å²) < 4.78 is 49.3. The molecule has 33 heavy (non-hydrogen) atoms. The normalized spacial score (nSPS) is 20.2. The molecule has 176 valence electrons. The number of rotatable bonds is 3. The summed E-state index contributed by atoms with van der Waals surface area (Å²) in [5.41, 5.74) is 1.66. The fourth-order valence-corrected chi connectivity index (χ4v) is 4.99. The van der Waals surface area contributed by atoms with Gasteiger partial charge in [0.05, 0.1) is 22.3 Å². The molecule has 2 aliphatic rings. The average molecular weight is 461 g/mol. The quantitative estimate of drug-likeness (QED) is 0.579. The van der Waals surface area contributed by atoms with Crippen LogP contribution < -0.4 is 0 Å². The van der Waals surface area contributed by atoms with Gasteiger partial charge in [0.15, 0.2) is 0 Å². The van der Waals surface area contributed by atoms with Crippen LogP contribution in [0.15, 0.2) is 24.3 Å². The molecule has 2 fully saturated rings. The van der Waals surface area contributed by atoms with Crippen LogP contribution >= 0.6 is 0 Å². The number of ether oxygens (including phenoxy) is 1. The lowest BCUT2D eigenvalue weighted by Gasteiger charge is -2.34. The molecule has 3 aromatic rings. The lowest BCUT2D eigenvalue weighted by molar-refractivity contribution is -0.137. The third-order valence-electron chi connectivity index (χ3n) is 6.60.